The first-order valence-corrected chi connectivity index (χ1v) is 9.94. The number of carbonyl (C=O) groups is 2. The molecule has 0 aromatic heterocycles. The van der Waals surface area contributed by atoms with Crippen molar-refractivity contribution < 1.29 is 40.7 Å². The number of hydrogen-bond donors (Lipinski definition) is 1. The number of hydrogen-bond acceptors (Lipinski definition) is 4. The van der Waals surface area contributed by atoms with Crippen molar-refractivity contribution in [1.29, 1.82) is 0 Å². The number of urea groups is 1. The monoisotopic (exact) mass is 489 g/mol. The molecule has 12 heteroatoms. The number of imide groups is 1. The second-order valence-corrected chi connectivity index (χ2v) is 8.06. The first kappa shape index (κ1) is 25.5. The van der Waals surface area contributed by atoms with Crippen molar-refractivity contribution in [1.82, 2.24) is 15.1 Å². The molecule has 1 N–H and O–H groups in total. The van der Waals surface area contributed by atoms with Crippen LogP contribution in [0, 0.1) is 0 Å². The average molecular weight is 489 g/mol. The van der Waals surface area contributed by atoms with Crippen molar-refractivity contribution >= 4 is 11.9 Å². The molecule has 34 heavy (non-hydrogen) atoms. The van der Waals surface area contributed by atoms with Crippen molar-refractivity contribution in [2.45, 2.75) is 24.5 Å². The lowest BCUT2D eigenvalue weighted by atomic mass is 9.90. The van der Waals surface area contributed by atoms with Crippen LogP contribution in [-0.4, -0.2) is 49.1 Å². The molecule has 1 saturated heterocycles. The predicted molar refractivity (Wildman–Crippen MR) is 108 cm³/mol. The minimum atomic E-state index is -5.00. The van der Waals surface area contributed by atoms with E-state index in [4.69, 9.17) is 4.74 Å². The third-order valence-corrected chi connectivity index (χ3v) is 5.10. The molecule has 0 saturated carbocycles. The van der Waals surface area contributed by atoms with E-state index >= 15 is 0 Å². The van der Waals surface area contributed by atoms with E-state index in [9.17, 15) is 35.9 Å². The molecule has 6 nitrogen and oxygen atoms in total. The number of nitrogens with one attached hydrogen (secondary N) is 1. The second kappa shape index (κ2) is 9.26. The zero-order valence-corrected chi connectivity index (χ0v) is 18.1. The fourth-order valence-electron chi connectivity index (χ4n) is 3.56. The lowest BCUT2D eigenvalue weighted by Gasteiger charge is -2.27. The van der Waals surface area contributed by atoms with Gasteiger partial charge in [-0.2, -0.15) is 26.3 Å². The number of alkyl halides is 6. The summed E-state index contributed by atoms with van der Waals surface area (Å²) >= 11 is 0. The number of amides is 3. The summed E-state index contributed by atoms with van der Waals surface area (Å²) in [6.07, 6.45) is -9.99. The highest BCUT2D eigenvalue weighted by molar-refractivity contribution is 6.07. The molecule has 1 heterocycles. The second-order valence-electron chi connectivity index (χ2n) is 8.06. The van der Waals surface area contributed by atoms with Crippen LogP contribution in [-0.2, 0) is 34.0 Å². The van der Waals surface area contributed by atoms with E-state index in [2.05, 4.69) is 5.32 Å². The smallest absolute Gasteiger partial charge is 0.373 e. The van der Waals surface area contributed by atoms with E-state index in [0.29, 0.717) is 17.7 Å². The normalized spacial score (nSPS) is 19.1. The average Bonchev–Trinajstić information content (AvgIpc) is 2.98. The summed E-state index contributed by atoms with van der Waals surface area (Å²) in [7, 11) is 3.29. The molecule has 0 bridgehead atoms. The number of benzene rings is 2. The van der Waals surface area contributed by atoms with E-state index < -0.39 is 54.2 Å². The topological polar surface area (TPSA) is 61.9 Å². The third kappa shape index (κ3) is 5.33. The zero-order valence-electron chi connectivity index (χ0n) is 18.1. The van der Waals surface area contributed by atoms with Crippen LogP contribution < -0.4 is 5.32 Å². The maximum atomic E-state index is 13.2. The Bertz CT molecular complexity index is 1020. The molecule has 1 aliphatic heterocycles. The van der Waals surface area contributed by atoms with Crippen LogP contribution in [0.5, 0.6) is 0 Å². The lowest BCUT2D eigenvalue weighted by molar-refractivity contribution is -0.143. The van der Waals surface area contributed by atoms with Gasteiger partial charge in [-0.05, 0) is 43.4 Å². The van der Waals surface area contributed by atoms with Crippen LogP contribution >= 0.6 is 0 Å². The first-order valence-electron chi connectivity index (χ1n) is 9.94. The Morgan fingerprint density at radius 3 is 2.00 bits per heavy atom. The summed E-state index contributed by atoms with van der Waals surface area (Å²) in [5.41, 5.74) is -4.66. The van der Waals surface area contributed by atoms with Crippen LogP contribution in [0.4, 0.5) is 31.1 Å². The van der Waals surface area contributed by atoms with Crippen molar-refractivity contribution in [2.24, 2.45) is 0 Å². The molecule has 3 rings (SSSR count). The Morgan fingerprint density at radius 1 is 0.941 bits per heavy atom. The van der Waals surface area contributed by atoms with Gasteiger partial charge in [0.2, 0.25) is 0 Å². The van der Waals surface area contributed by atoms with E-state index in [1.807, 2.05) is 0 Å². The molecule has 3 amide bonds. The van der Waals surface area contributed by atoms with Gasteiger partial charge in [0, 0.05) is 0 Å². The number of rotatable bonds is 7. The number of carbonyl (C=O) groups excluding carboxylic acids is 2. The molecule has 1 fully saturated rings. The van der Waals surface area contributed by atoms with Gasteiger partial charge in [-0.15, -0.1) is 0 Å². The summed E-state index contributed by atoms with van der Waals surface area (Å²) in [5.74, 6) is -0.655. The molecular formula is C22H21F6N3O3. The third-order valence-electron chi connectivity index (χ3n) is 5.10. The van der Waals surface area contributed by atoms with Crippen molar-refractivity contribution in [3.05, 3.63) is 70.8 Å². The van der Waals surface area contributed by atoms with E-state index in [1.165, 1.54) is 0 Å². The molecule has 2 aromatic rings. The summed E-state index contributed by atoms with van der Waals surface area (Å²) in [6.45, 7) is -1.21. The fraction of sp³-hybridized carbons (Fsp3) is 0.364. The molecule has 184 valence electrons. The molecule has 1 aliphatic rings. The van der Waals surface area contributed by atoms with Gasteiger partial charge in [0.1, 0.15) is 0 Å². The van der Waals surface area contributed by atoms with Crippen molar-refractivity contribution in [2.75, 3.05) is 27.4 Å². The first-order chi connectivity index (χ1) is 15.7. The number of nitrogens with zero attached hydrogens (tertiary/aromatic N) is 2. The maximum Gasteiger partial charge on any atom is 0.416 e. The van der Waals surface area contributed by atoms with Crippen LogP contribution in [0.3, 0.4) is 0 Å². The van der Waals surface area contributed by atoms with Crippen LogP contribution in [0.2, 0.25) is 0 Å². The molecule has 0 spiro atoms. The number of ether oxygens (including phenoxy) is 1. The number of halogens is 6. The van der Waals surface area contributed by atoms with Gasteiger partial charge in [0.25, 0.3) is 5.91 Å². The van der Waals surface area contributed by atoms with E-state index in [-0.39, 0.29) is 18.3 Å². The van der Waals surface area contributed by atoms with Gasteiger partial charge in [-0.25, -0.2) is 9.69 Å². The molecule has 2 aromatic carbocycles. The Hall–Kier alpha value is -3.12. The summed E-state index contributed by atoms with van der Waals surface area (Å²) in [5, 5.41) is 2.57. The van der Waals surface area contributed by atoms with Gasteiger partial charge < -0.3 is 10.1 Å². The largest absolute Gasteiger partial charge is 0.416 e. The van der Waals surface area contributed by atoms with Crippen LogP contribution in [0.25, 0.3) is 0 Å². The minimum Gasteiger partial charge on any atom is -0.373 e. The van der Waals surface area contributed by atoms with Gasteiger partial charge in [-0.3, -0.25) is 9.69 Å². The Balaban J connectivity index is 1.90. The quantitative estimate of drug-likeness (QED) is 0.468. The maximum absolute atomic E-state index is 13.2. The van der Waals surface area contributed by atoms with Gasteiger partial charge in [-0.1, -0.05) is 30.3 Å². The Morgan fingerprint density at radius 2 is 1.50 bits per heavy atom. The molecule has 1 unspecified atom stereocenters. The van der Waals surface area contributed by atoms with Crippen LogP contribution in [0.1, 0.15) is 22.3 Å². The van der Waals surface area contributed by atoms with Crippen molar-refractivity contribution in [3.63, 3.8) is 0 Å². The fourth-order valence-corrected chi connectivity index (χ4v) is 3.56. The highest BCUT2D eigenvalue weighted by Crippen LogP contribution is 2.37. The molecular weight excluding hydrogens is 468 g/mol. The highest BCUT2D eigenvalue weighted by atomic mass is 19.4. The Labute approximate surface area is 191 Å². The zero-order chi connectivity index (χ0) is 25.3. The van der Waals surface area contributed by atoms with Gasteiger partial charge in [0.05, 0.1) is 31.0 Å². The van der Waals surface area contributed by atoms with Gasteiger partial charge in [0.15, 0.2) is 5.54 Å². The predicted octanol–water partition coefficient (Wildman–Crippen LogP) is 4.21. The lowest BCUT2D eigenvalue weighted by Crippen LogP contribution is -2.48. The summed E-state index contributed by atoms with van der Waals surface area (Å²) < 4.78 is 84.2. The van der Waals surface area contributed by atoms with Crippen molar-refractivity contribution in [3.8, 4) is 0 Å². The SMILES string of the molecule is CN(C)CN1C(=O)NC(COCc2cc(C(F)(F)F)cc(C(F)(F)F)c2)(c2ccccc2)C1=O. The molecule has 1 atom stereocenters. The molecule has 0 aliphatic carbocycles. The van der Waals surface area contributed by atoms with Gasteiger partial charge >= 0.3 is 18.4 Å². The molecule has 0 radical (unpaired) electrons. The highest BCUT2D eigenvalue weighted by Gasteiger charge is 2.53. The van der Waals surface area contributed by atoms with Crippen LogP contribution in [0.15, 0.2) is 48.5 Å². The van der Waals surface area contributed by atoms with E-state index in [0.717, 1.165) is 4.90 Å². The van der Waals surface area contributed by atoms with E-state index in [1.54, 1.807) is 49.3 Å². The standard InChI is InChI=1S/C22H21F6N3O3/c1-30(2)13-31-18(32)20(29-19(31)33,15-6-4-3-5-7-15)12-34-11-14-8-16(21(23,24)25)10-17(9-14)22(26,27)28/h3-10H,11-13H2,1-2H3,(H,29,33). The Kier molecular flexibility index (Phi) is 6.94. The summed E-state index contributed by atoms with van der Waals surface area (Å²) in [6, 6.07) is 8.47. The minimum absolute atomic E-state index is 0.0226. The summed E-state index contributed by atoms with van der Waals surface area (Å²) in [4.78, 5) is 28.3.